The van der Waals surface area contributed by atoms with Crippen LogP contribution in [0.2, 0.25) is 0 Å². The van der Waals surface area contributed by atoms with Crippen LogP contribution in [0.25, 0.3) is 21.7 Å². The summed E-state index contributed by atoms with van der Waals surface area (Å²) in [6, 6.07) is 22.2. The second-order valence-corrected chi connectivity index (χ2v) is 18.0. The fourth-order valence-electron chi connectivity index (χ4n) is 7.93. The second kappa shape index (κ2) is 24.2. The molecule has 0 aliphatic carbocycles. The molecule has 7 N–H and O–H groups in total. The number of hydrogen-bond acceptors (Lipinski definition) is 12. The zero-order valence-corrected chi connectivity index (χ0v) is 38.8. The van der Waals surface area contributed by atoms with Crippen LogP contribution in [0, 0.1) is 12.8 Å². The largest absolute Gasteiger partial charge is 0.507 e. The highest BCUT2D eigenvalue weighted by molar-refractivity contribution is 7.13. The first kappa shape index (κ1) is 49.1. The summed E-state index contributed by atoms with van der Waals surface area (Å²) in [6.07, 6.45) is 6.65. The number of carbonyl (C=O) groups is 4. The SMILES string of the molecule is Cc1ncsc1-c1ccc(CNC(=O)[C@@H]2C[C@@H](O)CN2C(=O)[C@@H](NC(=O)CCCCCCCCCNC(=O)c2ccc(CCOc3cc(-c4ccccc4O)nnc3N)cc2)C(C)C)cc1. The van der Waals surface area contributed by atoms with Gasteiger partial charge in [0, 0.05) is 56.1 Å². The Labute approximate surface area is 390 Å². The Balaban J connectivity index is 0.817. The van der Waals surface area contributed by atoms with Gasteiger partial charge in [-0.2, -0.15) is 0 Å². The number of thiazole rings is 1. The normalized spacial score (nSPS) is 15.1. The summed E-state index contributed by atoms with van der Waals surface area (Å²) in [6.45, 7) is 6.93. The van der Waals surface area contributed by atoms with Crippen LogP contribution < -0.4 is 26.4 Å². The molecule has 1 saturated heterocycles. The van der Waals surface area contributed by atoms with E-state index in [2.05, 4.69) is 31.1 Å². The molecule has 0 bridgehead atoms. The summed E-state index contributed by atoms with van der Waals surface area (Å²) >= 11 is 1.58. The summed E-state index contributed by atoms with van der Waals surface area (Å²) in [5.74, 6) is -0.611. The van der Waals surface area contributed by atoms with Crippen molar-refractivity contribution in [3.63, 3.8) is 0 Å². The number of aromatic nitrogens is 3. The third kappa shape index (κ3) is 13.8. The lowest BCUT2D eigenvalue weighted by atomic mass is 10.0. The summed E-state index contributed by atoms with van der Waals surface area (Å²) in [5, 5.41) is 37.6. The maximum atomic E-state index is 13.8. The van der Waals surface area contributed by atoms with Gasteiger partial charge in [0.25, 0.3) is 5.91 Å². The number of hydrogen-bond donors (Lipinski definition) is 6. The molecule has 3 heterocycles. The fraction of sp³-hybridized carbons (Fsp3) is 0.420. The first-order valence-corrected chi connectivity index (χ1v) is 23.7. The molecule has 0 radical (unpaired) electrons. The van der Waals surface area contributed by atoms with E-state index in [0.717, 1.165) is 65.8 Å². The molecule has 0 spiro atoms. The molecule has 350 valence electrons. The van der Waals surface area contributed by atoms with E-state index in [4.69, 9.17) is 10.5 Å². The lowest BCUT2D eigenvalue weighted by Crippen LogP contribution is -2.55. The minimum atomic E-state index is -0.829. The number of anilines is 1. The quantitative estimate of drug-likeness (QED) is 0.0376. The number of nitrogen functional groups attached to an aromatic ring is 1. The molecule has 4 amide bonds. The van der Waals surface area contributed by atoms with Gasteiger partial charge in [-0.15, -0.1) is 21.5 Å². The van der Waals surface area contributed by atoms with Crippen molar-refractivity contribution >= 4 is 40.8 Å². The van der Waals surface area contributed by atoms with Crippen LogP contribution in [-0.4, -0.2) is 91.8 Å². The van der Waals surface area contributed by atoms with Crippen molar-refractivity contribution in [3.8, 4) is 33.2 Å². The van der Waals surface area contributed by atoms with E-state index in [1.807, 2.05) is 62.7 Å². The molecular weight excluding hydrogens is 857 g/mol. The number of aromatic hydroxyl groups is 1. The number of nitrogens with zero attached hydrogens (tertiary/aromatic N) is 4. The molecule has 1 fully saturated rings. The lowest BCUT2D eigenvalue weighted by molar-refractivity contribution is -0.142. The highest BCUT2D eigenvalue weighted by Gasteiger charge is 2.42. The summed E-state index contributed by atoms with van der Waals surface area (Å²) in [7, 11) is 0. The highest BCUT2D eigenvalue weighted by atomic mass is 32.1. The number of nitrogens with one attached hydrogen (secondary N) is 3. The van der Waals surface area contributed by atoms with Crippen molar-refractivity contribution < 1.29 is 34.1 Å². The number of aliphatic hydroxyl groups is 1. The molecule has 16 heteroatoms. The van der Waals surface area contributed by atoms with Gasteiger partial charge in [-0.25, -0.2) is 4.98 Å². The van der Waals surface area contributed by atoms with E-state index in [0.29, 0.717) is 55.0 Å². The molecular formula is C50H62N8O7S. The smallest absolute Gasteiger partial charge is 0.251 e. The van der Waals surface area contributed by atoms with Crippen LogP contribution in [0.5, 0.6) is 11.5 Å². The minimum absolute atomic E-state index is 0.0346. The second-order valence-electron chi connectivity index (χ2n) is 17.1. The van der Waals surface area contributed by atoms with E-state index < -0.39 is 18.2 Å². The number of phenolic OH excluding ortho intramolecular Hbond substituents is 1. The van der Waals surface area contributed by atoms with Gasteiger partial charge in [0.05, 0.1) is 28.8 Å². The zero-order valence-electron chi connectivity index (χ0n) is 38.0. The van der Waals surface area contributed by atoms with E-state index in [9.17, 15) is 29.4 Å². The van der Waals surface area contributed by atoms with Crippen LogP contribution in [0.3, 0.4) is 0 Å². The summed E-state index contributed by atoms with van der Waals surface area (Å²) < 4.78 is 5.89. The van der Waals surface area contributed by atoms with Crippen LogP contribution in [0.4, 0.5) is 5.82 Å². The molecule has 0 unspecified atom stereocenters. The van der Waals surface area contributed by atoms with Crippen LogP contribution in [0.15, 0.2) is 84.4 Å². The first-order valence-electron chi connectivity index (χ1n) is 22.8. The first-order chi connectivity index (χ1) is 31.9. The van der Waals surface area contributed by atoms with Gasteiger partial charge < -0.3 is 41.5 Å². The molecule has 1 aliphatic rings. The Morgan fingerprint density at radius 2 is 1.59 bits per heavy atom. The van der Waals surface area contributed by atoms with Crippen LogP contribution >= 0.6 is 11.3 Å². The molecule has 15 nitrogen and oxygen atoms in total. The Bertz CT molecular complexity index is 2390. The number of ether oxygens (including phenoxy) is 1. The number of amides is 4. The van der Waals surface area contributed by atoms with Gasteiger partial charge in [0.15, 0.2) is 11.6 Å². The molecule has 3 atom stereocenters. The Kier molecular flexibility index (Phi) is 18.0. The summed E-state index contributed by atoms with van der Waals surface area (Å²) in [4.78, 5) is 59.7. The van der Waals surface area contributed by atoms with Gasteiger partial charge in [-0.05, 0) is 66.6 Å². The number of aryl methyl sites for hydroxylation is 1. The van der Waals surface area contributed by atoms with Gasteiger partial charge >= 0.3 is 0 Å². The molecule has 3 aromatic carbocycles. The maximum absolute atomic E-state index is 13.8. The van der Waals surface area contributed by atoms with Crippen molar-refractivity contribution in [1.82, 2.24) is 36.0 Å². The third-order valence-electron chi connectivity index (χ3n) is 11.7. The Morgan fingerprint density at radius 1 is 0.894 bits per heavy atom. The standard InChI is InChI=1S/C50H62N8O7S/c1-32(2)45(50(64)58-30-38(59)27-41(58)49(63)53-29-35-18-20-36(21-19-35)46-33(3)54-31-66-46)55-44(61)15-9-7-5-4-6-8-12-25-52-48(62)37-22-16-34(17-23-37)24-26-65-43-28-40(56-57-47(43)51)39-13-10-11-14-42(39)60/h10-11,13-14,16-23,28,31-32,38,41,45,59-60H,4-9,12,15,24-27,29-30H2,1-3H3,(H2,51,57)(H,52,62)(H,53,63)(H,55,61)/t38-,41+,45+/m1/s1. The molecule has 66 heavy (non-hydrogen) atoms. The number of β-amino-alcohol motifs (C(OH)–C–C–N with tert-alkyl or cyclic N) is 1. The van der Waals surface area contributed by atoms with Crippen LogP contribution in [-0.2, 0) is 27.3 Å². The van der Waals surface area contributed by atoms with Gasteiger partial charge in [-0.3, -0.25) is 19.2 Å². The number of rotatable bonds is 23. The average Bonchev–Trinajstić information content (AvgIpc) is 3.93. The Hall–Kier alpha value is -6.39. The topological polar surface area (TPSA) is 222 Å². The van der Waals surface area contributed by atoms with Gasteiger partial charge in [0.1, 0.15) is 23.5 Å². The number of benzene rings is 3. The zero-order chi connectivity index (χ0) is 47.0. The van der Waals surface area contributed by atoms with Gasteiger partial charge in [-0.1, -0.05) is 94.5 Å². The predicted octanol–water partition coefficient (Wildman–Crippen LogP) is 6.75. The number of likely N-dealkylation sites (tertiary alicyclic amines) is 1. The molecule has 5 aromatic rings. The van der Waals surface area contributed by atoms with E-state index in [1.165, 1.54) is 4.90 Å². The van der Waals surface area contributed by atoms with Crippen molar-refractivity contribution in [2.24, 2.45) is 5.92 Å². The van der Waals surface area contributed by atoms with E-state index in [-0.39, 0.29) is 60.6 Å². The maximum Gasteiger partial charge on any atom is 0.251 e. The van der Waals surface area contributed by atoms with E-state index in [1.54, 1.807) is 53.8 Å². The van der Waals surface area contributed by atoms with Crippen molar-refractivity contribution in [2.45, 2.75) is 110 Å². The fourth-order valence-corrected chi connectivity index (χ4v) is 8.74. The average molecular weight is 919 g/mol. The number of unbranched alkanes of at least 4 members (excludes halogenated alkanes) is 6. The molecule has 1 aliphatic heterocycles. The van der Waals surface area contributed by atoms with Crippen LogP contribution in [0.1, 0.15) is 98.8 Å². The number of carbonyl (C=O) groups excluding carboxylic acids is 4. The number of aliphatic hydroxyl groups excluding tert-OH is 1. The lowest BCUT2D eigenvalue weighted by Gasteiger charge is -2.30. The highest BCUT2D eigenvalue weighted by Crippen LogP contribution is 2.31. The van der Waals surface area contributed by atoms with E-state index >= 15 is 0 Å². The predicted molar refractivity (Wildman–Crippen MR) is 255 cm³/mol. The molecule has 6 rings (SSSR count). The number of phenols is 1. The third-order valence-corrected chi connectivity index (χ3v) is 12.7. The number of para-hydroxylation sites is 1. The minimum Gasteiger partial charge on any atom is -0.507 e. The van der Waals surface area contributed by atoms with Crippen molar-refractivity contribution in [3.05, 3.63) is 107 Å². The van der Waals surface area contributed by atoms with Crippen molar-refractivity contribution in [2.75, 3.05) is 25.4 Å². The van der Waals surface area contributed by atoms with Crippen molar-refractivity contribution in [1.29, 1.82) is 0 Å². The molecule has 2 aromatic heterocycles. The van der Waals surface area contributed by atoms with Gasteiger partial charge in [0.2, 0.25) is 17.7 Å². The summed E-state index contributed by atoms with van der Waals surface area (Å²) in [5.41, 5.74) is 13.3. The molecule has 0 saturated carbocycles. The Morgan fingerprint density at radius 3 is 2.29 bits per heavy atom. The monoisotopic (exact) mass is 918 g/mol. The number of nitrogens with two attached hydrogens (primary N) is 1.